The fourth-order valence-corrected chi connectivity index (χ4v) is 4.51. The Balaban J connectivity index is 1.44. The fourth-order valence-electron chi connectivity index (χ4n) is 4.51. The summed E-state index contributed by atoms with van der Waals surface area (Å²) in [6.45, 7) is 9.62. The lowest BCUT2D eigenvalue weighted by Gasteiger charge is -2.45. The van der Waals surface area contributed by atoms with Crippen LogP contribution in [-0.4, -0.2) is 76.5 Å². The molecule has 2 aromatic carbocycles. The molecular weight excluding hydrogens is 510 g/mol. The van der Waals surface area contributed by atoms with Gasteiger partial charge in [0.15, 0.2) is 0 Å². The minimum Gasteiger partial charge on any atom is -0.464 e. The maximum atomic E-state index is 13.6. The Kier molecular flexibility index (Phi) is 8.44. The first kappa shape index (κ1) is 28.0. The predicted molar refractivity (Wildman–Crippen MR) is 141 cm³/mol. The van der Waals surface area contributed by atoms with E-state index in [0.29, 0.717) is 26.2 Å². The molecule has 0 saturated carbocycles. The third-order valence-corrected chi connectivity index (χ3v) is 6.50. The van der Waals surface area contributed by atoms with E-state index in [-0.39, 0.29) is 36.8 Å². The maximum Gasteiger partial charge on any atom is 0.302 e. The molecule has 1 fully saturated rings. The average Bonchev–Trinajstić information content (AvgIpc) is 3.34. The predicted octanol–water partition coefficient (Wildman–Crippen LogP) is 3.60. The molecule has 39 heavy (non-hydrogen) atoms. The van der Waals surface area contributed by atoms with E-state index >= 15 is 0 Å². The van der Waals surface area contributed by atoms with Crippen molar-refractivity contribution in [3.63, 3.8) is 0 Å². The summed E-state index contributed by atoms with van der Waals surface area (Å²) < 4.78 is 39.1. The second kappa shape index (κ2) is 11.8. The van der Waals surface area contributed by atoms with Crippen molar-refractivity contribution in [2.75, 3.05) is 49.6 Å². The fraction of sp³-hybridized carbons (Fsp3) is 0.407. The number of halogens is 2. The number of carbonyl (C=O) groups is 2. The number of benzene rings is 2. The first-order valence-corrected chi connectivity index (χ1v) is 12.5. The van der Waals surface area contributed by atoms with Crippen molar-refractivity contribution in [1.82, 2.24) is 19.7 Å². The lowest BCUT2D eigenvalue weighted by Crippen LogP contribution is -2.60. The Labute approximate surface area is 225 Å². The number of carbonyl (C=O) groups excluding carboxylic acids is 2. The summed E-state index contributed by atoms with van der Waals surface area (Å²) in [5.74, 6) is -1.88. The van der Waals surface area contributed by atoms with Crippen molar-refractivity contribution in [3.8, 4) is 5.69 Å². The van der Waals surface area contributed by atoms with Crippen LogP contribution in [0, 0.1) is 18.6 Å². The Morgan fingerprint density at radius 2 is 1.54 bits per heavy atom. The monoisotopic (exact) mass is 542 g/mol. The summed E-state index contributed by atoms with van der Waals surface area (Å²) in [6.07, 6.45) is 1.38. The molecule has 4 rings (SSSR count). The molecule has 0 radical (unpaired) electrons. The van der Waals surface area contributed by atoms with E-state index in [4.69, 9.17) is 9.47 Å². The van der Waals surface area contributed by atoms with Crippen molar-refractivity contribution < 1.29 is 27.8 Å². The van der Waals surface area contributed by atoms with Crippen LogP contribution in [0.5, 0.6) is 0 Å². The van der Waals surface area contributed by atoms with E-state index in [9.17, 15) is 18.4 Å². The second-order valence-corrected chi connectivity index (χ2v) is 9.85. The van der Waals surface area contributed by atoms with Gasteiger partial charge in [-0.05, 0) is 49.7 Å². The molecule has 12 heteroatoms. The molecular formula is C27H32F2N6O4. The van der Waals surface area contributed by atoms with Crippen molar-refractivity contribution >= 4 is 29.3 Å². The van der Waals surface area contributed by atoms with Gasteiger partial charge in [0.1, 0.15) is 31.2 Å². The Morgan fingerprint density at radius 3 is 2.13 bits per heavy atom. The molecule has 1 aliphatic rings. The summed E-state index contributed by atoms with van der Waals surface area (Å²) in [5, 5.41) is 7.46. The first-order valence-electron chi connectivity index (χ1n) is 12.5. The van der Waals surface area contributed by atoms with Gasteiger partial charge in [-0.25, -0.2) is 13.5 Å². The Hall–Kier alpha value is -4.06. The highest BCUT2D eigenvalue weighted by atomic mass is 19.1. The van der Waals surface area contributed by atoms with Gasteiger partial charge >= 0.3 is 11.9 Å². The molecule has 0 bridgehead atoms. The highest BCUT2D eigenvalue weighted by Gasteiger charge is 2.36. The molecule has 0 aliphatic carbocycles. The van der Waals surface area contributed by atoms with Gasteiger partial charge in [-0.2, -0.15) is 4.98 Å². The quantitative estimate of drug-likeness (QED) is 0.407. The number of aromatic nitrogens is 3. The van der Waals surface area contributed by atoms with Crippen LogP contribution in [-0.2, 0) is 19.1 Å². The molecule has 0 atom stereocenters. The van der Waals surface area contributed by atoms with Crippen LogP contribution in [0.2, 0.25) is 0 Å². The van der Waals surface area contributed by atoms with Crippen LogP contribution in [0.1, 0.15) is 26.3 Å². The number of piperazine rings is 1. The standard InChI is InChI=1S/C27H32F2N6O4/c1-18-9-23(31-26-30-17-35(32-26)25-12-21(28)11-22(29)13-25)14-24(10-18)33-5-7-34(8-6-33)27(4,15-38-19(2)36)16-39-20(3)37/h9-14,17H,5-8,15-16H2,1-4H3,(H,31,32). The normalized spacial score (nSPS) is 14.3. The van der Waals surface area contributed by atoms with Gasteiger partial charge in [-0.3, -0.25) is 14.5 Å². The zero-order valence-corrected chi connectivity index (χ0v) is 22.4. The van der Waals surface area contributed by atoms with Gasteiger partial charge < -0.3 is 19.7 Å². The van der Waals surface area contributed by atoms with Gasteiger partial charge in [0.2, 0.25) is 5.95 Å². The van der Waals surface area contributed by atoms with Crippen molar-refractivity contribution in [2.24, 2.45) is 0 Å². The summed E-state index contributed by atoms with van der Waals surface area (Å²) in [5.41, 5.74) is 2.39. The SMILES string of the molecule is CC(=O)OCC(C)(COC(C)=O)N1CCN(c2cc(C)cc(Nc3ncn(-c4cc(F)cc(F)c4)n3)c2)CC1. The van der Waals surface area contributed by atoms with Crippen molar-refractivity contribution in [3.05, 3.63) is 59.9 Å². The minimum atomic E-state index is -0.698. The molecule has 1 aliphatic heterocycles. The van der Waals surface area contributed by atoms with Gasteiger partial charge in [-0.15, -0.1) is 5.10 Å². The van der Waals surface area contributed by atoms with Crippen molar-refractivity contribution in [2.45, 2.75) is 33.2 Å². The van der Waals surface area contributed by atoms with Crippen LogP contribution in [0.3, 0.4) is 0 Å². The van der Waals surface area contributed by atoms with Crippen LogP contribution in [0.4, 0.5) is 26.1 Å². The molecule has 2 heterocycles. The molecule has 0 spiro atoms. The van der Waals surface area contributed by atoms with Gasteiger partial charge in [0.05, 0.1) is 11.2 Å². The Bertz CT molecular complexity index is 1300. The number of aryl methyl sites for hydroxylation is 1. The smallest absolute Gasteiger partial charge is 0.302 e. The molecule has 3 aromatic rings. The first-order chi connectivity index (χ1) is 18.5. The molecule has 1 saturated heterocycles. The zero-order valence-electron chi connectivity index (χ0n) is 22.4. The molecule has 1 N–H and O–H groups in total. The number of nitrogens with zero attached hydrogens (tertiary/aromatic N) is 5. The highest BCUT2D eigenvalue weighted by molar-refractivity contribution is 5.67. The van der Waals surface area contributed by atoms with Gasteiger partial charge in [0.25, 0.3) is 0 Å². The molecule has 208 valence electrons. The van der Waals surface area contributed by atoms with Crippen LogP contribution >= 0.6 is 0 Å². The van der Waals surface area contributed by atoms with E-state index < -0.39 is 17.2 Å². The number of anilines is 3. The number of esters is 2. The summed E-state index contributed by atoms with van der Waals surface area (Å²) in [4.78, 5) is 31.5. The third kappa shape index (κ3) is 7.29. The zero-order chi connectivity index (χ0) is 28.2. The van der Waals surface area contributed by atoms with Crippen LogP contribution in [0.25, 0.3) is 5.69 Å². The third-order valence-electron chi connectivity index (χ3n) is 6.50. The van der Waals surface area contributed by atoms with Crippen LogP contribution < -0.4 is 10.2 Å². The van der Waals surface area contributed by atoms with E-state index in [1.54, 1.807) is 0 Å². The van der Waals surface area contributed by atoms with Crippen molar-refractivity contribution in [1.29, 1.82) is 0 Å². The molecule has 10 nitrogen and oxygen atoms in total. The number of hydrogen-bond acceptors (Lipinski definition) is 9. The highest BCUT2D eigenvalue weighted by Crippen LogP contribution is 2.27. The largest absolute Gasteiger partial charge is 0.464 e. The van der Waals surface area contributed by atoms with Crippen LogP contribution in [0.15, 0.2) is 42.7 Å². The maximum absolute atomic E-state index is 13.6. The number of nitrogens with one attached hydrogen (secondary N) is 1. The second-order valence-electron chi connectivity index (χ2n) is 9.85. The van der Waals surface area contributed by atoms with E-state index in [2.05, 4.69) is 31.3 Å². The lowest BCUT2D eigenvalue weighted by molar-refractivity contribution is -0.153. The lowest BCUT2D eigenvalue weighted by atomic mass is 10.0. The number of hydrogen-bond donors (Lipinski definition) is 1. The van der Waals surface area contributed by atoms with Gasteiger partial charge in [0, 0.05) is 57.5 Å². The average molecular weight is 543 g/mol. The van der Waals surface area contributed by atoms with E-state index in [1.807, 2.05) is 26.0 Å². The molecule has 1 aromatic heterocycles. The molecule has 0 unspecified atom stereocenters. The Morgan fingerprint density at radius 1 is 0.923 bits per heavy atom. The summed E-state index contributed by atoms with van der Waals surface area (Å²) in [7, 11) is 0. The summed E-state index contributed by atoms with van der Waals surface area (Å²) >= 11 is 0. The summed E-state index contributed by atoms with van der Waals surface area (Å²) in [6, 6.07) is 9.18. The number of ether oxygens (including phenoxy) is 2. The van der Waals surface area contributed by atoms with E-state index in [0.717, 1.165) is 23.0 Å². The topological polar surface area (TPSA) is 102 Å². The minimum absolute atomic E-state index is 0.121. The van der Waals surface area contributed by atoms with Gasteiger partial charge in [-0.1, -0.05) is 0 Å². The molecule has 0 amide bonds. The van der Waals surface area contributed by atoms with E-state index in [1.165, 1.54) is 37.0 Å². The number of rotatable bonds is 9.